The van der Waals surface area contributed by atoms with Crippen LogP contribution >= 0.6 is 0 Å². The predicted octanol–water partition coefficient (Wildman–Crippen LogP) is 2.16. The third kappa shape index (κ3) is 3.92. The largest absolute Gasteiger partial charge is 0.350 e. The van der Waals surface area contributed by atoms with E-state index < -0.39 is 0 Å². The van der Waals surface area contributed by atoms with E-state index in [4.69, 9.17) is 0 Å². The second-order valence-corrected chi connectivity index (χ2v) is 5.85. The molecule has 0 radical (unpaired) electrons. The Bertz CT molecular complexity index is 467. The number of hydrogen-bond acceptors (Lipinski definition) is 4. The van der Waals surface area contributed by atoms with Crippen LogP contribution in [0.25, 0.3) is 0 Å². The fourth-order valence-corrected chi connectivity index (χ4v) is 2.29. The van der Waals surface area contributed by atoms with Crippen molar-refractivity contribution in [2.75, 3.05) is 24.5 Å². The third-order valence-corrected chi connectivity index (χ3v) is 3.38. The maximum atomic E-state index is 12.1. The molecule has 1 fully saturated rings. The molecule has 1 aromatic heterocycles. The van der Waals surface area contributed by atoms with Gasteiger partial charge in [-0.15, -0.1) is 0 Å². The minimum Gasteiger partial charge on any atom is -0.350 e. The van der Waals surface area contributed by atoms with Crippen molar-refractivity contribution >= 4 is 11.9 Å². The first-order chi connectivity index (χ1) is 9.56. The van der Waals surface area contributed by atoms with Crippen LogP contribution < -0.4 is 10.2 Å². The van der Waals surface area contributed by atoms with E-state index in [-0.39, 0.29) is 5.91 Å². The van der Waals surface area contributed by atoms with Crippen molar-refractivity contribution in [3.63, 3.8) is 0 Å². The molecule has 0 spiro atoms. The molecule has 0 bridgehead atoms. The van der Waals surface area contributed by atoms with E-state index in [2.05, 4.69) is 34.0 Å². The molecule has 1 saturated heterocycles. The zero-order valence-electron chi connectivity index (χ0n) is 12.6. The molecule has 1 amide bonds. The van der Waals surface area contributed by atoms with Gasteiger partial charge >= 0.3 is 0 Å². The van der Waals surface area contributed by atoms with E-state index in [0.717, 1.165) is 18.8 Å². The van der Waals surface area contributed by atoms with Gasteiger partial charge in [-0.05, 0) is 38.2 Å². The number of amides is 1. The lowest BCUT2D eigenvalue weighted by Gasteiger charge is -2.27. The van der Waals surface area contributed by atoms with Crippen LogP contribution in [0.2, 0.25) is 0 Å². The number of carbonyl (C=O) groups is 1. The number of anilines is 1. The second kappa shape index (κ2) is 6.68. The van der Waals surface area contributed by atoms with E-state index in [9.17, 15) is 4.79 Å². The summed E-state index contributed by atoms with van der Waals surface area (Å²) in [6, 6.07) is 1.75. The van der Waals surface area contributed by atoms with Gasteiger partial charge in [-0.1, -0.05) is 13.8 Å². The molecule has 0 atom stereocenters. The standard InChI is InChI=1S/C15H24N4O/c1-11(2)10-16-14(20)13-9-12(3)17-15(18-13)19-7-5-4-6-8-19/h9,11H,4-8,10H2,1-3H3,(H,16,20). The van der Waals surface area contributed by atoms with E-state index in [0.29, 0.717) is 24.1 Å². The number of rotatable bonds is 4. The van der Waals surface area contributed by atoms with Gasteiger partial charge in [0.2, 0.25) is 5.95 Å². The van der Waals surface area contributed by atoms with Crippen molar-refractivity contribution in [2.24, 2.45) is 5.92 Å². The Morgan fingerprint density at radius 1 is 1.30 bits per heavy atom. The Hall–Kier alpha value is -1.65. The van der Waals surface area contributed by atoms with Crippen LogP contribution in [0.15, 0.2) is 6.07 Å². The summed E-state index contributed by atoms with van der Waals surface area (Å²) in [6.45, 7) is 8.69. The maximum Gasteiger partial charge on any atom is 0.270 e. The summed E-state index contributed by atoms with van der Waals surface area (Å²) in [5, 5.41) is 2.91. The van der Waals surface area contributed by atoms with Crippen LogP contribution in [0.3, 0.4) is 0 Å². The van der Waals surface area contributed by atoms with Gasteiger partial charge in [0.1, 0.15) is 5.69 Å². The molecule has 5 nitrogen and oxygen atoms in total. The van der Waals surface area contributed by atoms with Gasteiger partial charge in [-0.25, -0.2) is 9.97 Å². The highest BCUT2D eigenvalue weighted by molar-refractivity contribution is 5.92. The molecule has 5 heteroatoms. The summed E-state index contributed by atoms with van der Waals surface area (Å²) in [6.07, 6.45) is 3.61. The van der Waals surface area contributed by atoms with Crippen LogP contribution in [0.5, 0.6) is 0 Å². The van der Waals surface area contributed by atoms with Crippen molar-refractivity contribution in [2.45, 2.75) is 40.0 Å². The number of hydrogen-bond donors (Lipinski definition) is 1. The van der Waals surface area contributed by atoms with Gasteiger partial charge in [-0.2, -0.15) is 0 Å². The molecule has 2 heterocycles. The van der Waals surface area contributed by atoms with Crippen LogP contribution in [0.1, 0.15) is 49.3 Å². The van der Waals surface area contributed by atoms with E-state index in [1.165, 1.54) is 19.3 Å². The normalized spacial score (nSPS) is 15.5. The van der Waals surface area contributed by atoms with E-state index >= 15 is 0 Å². The molecule has 1 N–H and O–H groups in total. The minimum atomic E-state index is -0.109. The topological polar surface area (TPSA) is 58.1 Å². The average molecular weight is 276 g/mol. The summed E-state index contributed by atoms with van der Waals surface area (Å²) in [7, 11) is 0. The lowest BCUT2D eigenvalue weighted by Crippen LogP contribution is -2.33. The van der Waals surface area contributed by atoms with Gasteiger partial charge in [0, 0.05) is 25.3 Å². The molecule has 1 aliphatic heterocycles. The second-order valence-electron chi connectivity index (χ2n) is 5.85. The number of nitrogens with one attached hydrogen (secondary N) is 1. The Morgan fingerprint density at radius 2 is 2.00 bits per heavy atom. The molecular formula is C15H24N4O. The summed E-state index contributed by atoms with van der Waals surface area (Å²) in [5.41, 5.74) is 1.31. The molecular weight excluding hydrogens is 252 g/mol. The molecule has 1 aromatic rings. The summed E-state index contributed by atoms with van der Waals surface area (Å²) >= 11 is 0. The lowest BCUT2D eigenvalue weighted by molar-refractivity contribution is 0.0944. The van der Waals surface area contributed by atoms with Gasteiger partial charge < -0.3 is 10.2 Å². The highest BCUT2D eigenvalue weighted by Crippen LogP contribution is 2.16. The Morgan fingerprint density at radius 3 is 2.65 bits per heavy atom. The minimum absolute atomic E-state index is 0.109. The Balaban J connectivity index is 2.13. The molecule has 20 heavy (non-hydrogen) atoms. The summed E-state index contributed by atoms with van der Waals surface area (Å²) in [5.74, 6) is 1.02. The summed E-state index contributed by atoms with van der Waals surface area (Å²) in [4.78, 5) is 23.2. The molecule has 2 rings (SSSR count). The molecule has 1 aliphatic rings. The number of nitrogens with zero attached hydrogens (tertiary/aromatic N) is 3. The number of piperidine rings is 1. The van der Waals surface area contributed by atoms with Crippen molar-refractivity contribution in [1.82, 2.24) is 15.3 Å². The van der Waals surface area contributed by atoms with Crippen molar-refractivity contribution in [3.8, 4) is 0 Å². The first-order valence-corrected chi connectivity index (χ1v) is 7.45. The van der Waals surface area contributed by atoms with E-state index in [1.807, 2.05) is 6.92 Å². The zero-order valence-corrected chi connectivity index (χ0v) is 12.6. The maximum absolute atomic E-state index is 12.1. The highest BCUT2D eigenvalue weighted by Gasteiger charge is 2.17. The molecule has 0 aromatic carbocycles. The Kier molecular flexibility index (Phi) is 4.93. The summed E-state index contributed by atoms with van der Waals surface area (Å²) < 4.78 is 0. The zero-order chi connectivity index (χ0) is 14.5. The van der Waals surface area contributed by atoms with Gasteiger partial charge in [-0.3, -0.25) is 4.79 Å². The fourth-order valence-electron chi connectivity index (χ4n) is 2.29. The average Bonchev–Trinajstić information content (AvgIpc) is 2.45. The Labute approximate surface area is 120 Å². The van der Waals surface area contributed by atoms with Crippen molar-refractivity contribution in [1.29, 1.82) is 0 Å². The highest BCUT2D eigenvalue weighted by atomic mass is 16.1. The number of carbonyl (C=O) groups excluding carboxylic acids is 1. The first kappa shape index (κ1) is 14.8. The molecule has 110 valence electrons. The van der Waals surface area contributed by atoms with Gasteiger partial charge in [0.25, 0.3) is 5.91 Å². The van der Waals surface area contributed by atoms with Crippen molar-refractivity contribution < 1.29 is 4.79 Å². The van der Waals surface area contributed by atoms with Crippen LogP contribution in [0, 0.1) is 12.8 Å². The van der Waals surface area contributed by atoms with Crippen LogP contribution in [-0.2, 0) is 0 Å². The molecule has 0 aliphatic carbocycles. The number of aryl methyl sites for hydroxylation is 1. The van der Waals surface area contributed by atoms with Gasteiger partial charge in [0.05, 0.1) is 0 Å². The molecule has 0 unspecified atom stereocenters. The van der Waals surface area contributed by atoms with Gasteiger partial charge in [0.15, 0.2) is 0 Å². The lowest BCUT2D eigenvalue weighted by atomic mass is 10.1. The molecule has 0 saturated carbocycles. The predicted molar refractivity (Wildman–Crippen MR) is 80.0 cm³/mol. The van der Waals surface area contributed by atoms with Crippen LogP contribution in [0.4, 0.5) is 5.95 Å². The van der Waals surface area contributed by atoms with Crippen molar-refractivity contribution in [3.05, 3.63) is 17.5 Å². The number of aromatic nitrogens is 2. The monoisotopic (exact) mass is 276 g/mol. The van der Waals surface area contributed by atoms with E-state index in [1.54, 1.807) is 6.07 Å². The third-order valence-electron chi connectivity index (χ3n) is 3.38. The SMILES string of the molecule is Cc1cc(C(=O)NCC(C)C)nc(N2CCCCC2)n1. The smallest absolute Gasteiger partial charge is 0.270 e. The first-order valence-electron chi connectivity index (χ1n) is 7.45. The quantitative estimate of drug-likeness (QED) is 0.915. The fraction of sp³-hybridized carbons (Fsp3) is 0.667. The van der Waals surface area contributed by atoms with Crippen LogP contribution in [-0.4, -0.2) is 35.5 Å².